The average molecular weight is 539 g/mol. The van der Waals surface area contributed by atoms with Gasteiger partial charge < -0.3 is 24.4 Å². The highest BCUT2D eigenvalue weighted by Crippen LogP contribution is 2.19. The van der Waals surface area contributed by atoms with E-state index >= 15 is 0 Å². The van der Waals surface area contributed by atoms with Crippen LogP contribution in [0.15, 0.2) is 59.6 Å². The molecule has 1 saturated heterocycles. The summed E-state index contributed by atoms with van der Waals surface area (Å²) < 4.78 is 17.1. The highest BCUT2D eigenvalue weighted by Gasteiger charge is 2.25. The molecule has 0 spiro atoms. The largest absolute Gasteiger partial charge is 0.497 e. The Balaban J connectivity index is 0.00000341. The number of guanidine groups is 1. The van der Waals surface area contributed by atoms with Crippen molar-refractivity contribution in [2.24, 2.45) is 10.9 Å². The van der Waals surface area contributed by atoms with E-state index in [9.17, 15) is 0 Å². The van der Waals surface area contributed by atoms with Gasteiger partial charge in [0.2, 0.25) is 0 Å². The Labute approximate surface area is 203 Å². The molecule has 1 heterocycles. The first kappa shape index (κ1) is 25.3. The van der Waals surface area contributed by atoms with Gasteiger partial charge in [-0.25, -0.2) is 0 Å². The highest BCUT2D eigenvalue weighted by molar-refractivity contribution is 14.0. The van der Waals surface area contributed by atoms with Gasteiger partial charge in [-0.3, -0.25) is 4.99 Å². The Morgan fingerprint density at radius 1 is 1.13 bits per heavy atom. The summed E-state index contributed by atoms with van der Waals surface area (Å²) in [5, 5.41) is 3.44. The van der Waals surface area contributed by atoms with Crippen LogP contribution in [0.25, 0.3) is 0 Å². The van der Waals surface area contributed by atoms with Gasteiger partial charge >= 0.3 is 0 Å². The van der Waals surface area contributed by atoms with E-state index in [4.69, 9.17) is 14.2 Å². The number of halogens is 1. The highest BCUT2D eigenvalue weighted by atomic mass is 127. The van der Waals surface area contributed by atoms with E-state index in [2.05, 4.69) is 34.3 Å². The van der Waals surface area contributed by atoms with Crippen LogP contribution >= 0.6 is 24.0 Å². The summed E-state index contributed by atoms with van der Waals surface area (Å²) in [6.45, 7) is 6.14. The van der Waals surface area contributed by atoms with E-state index in [1.165, 1.54) is 5.56 Å². The number of hydrogen-bond acceptors (Lipinski definition) is 4. The molecule has 170 valence electrons. The molecule has 0 radical (unpaired) electrons. The van der Waals surface area contributed by atoms with E-state index < -0.39 is 0 Å². The van der Waals surface area contributed by atoms with Gasteiger partial charge in [-0.2, -0.15) is 0 Å². The van der Waals surface area contributed by atoms with Crippen LogP contribution in [-0.4, -0.2) is 57.4 Å². The zero-order valence-corrected chi connectivity index (χ0v) is 21.0. The topological polar surface area (TPSA) is 55.3 Å². The van der Waals surface area contributed by atoms with Crippen molar-refractivity contribution in [2.45, 2.75) is 26.1 Å². The summed E-state index contributed by atoms with van der Waals surface area (Å²) in [5.74, 6) is 3.10. The molecule has 1 aliphatic rings. The van der Waals surface area contributed by atoms with Crippen LogP contribution in [0, 0.1) is 5.92 Å². The van der Waals surface area contributed by atoms with Crippen molar-refractivity contribution < 1.29 is 14.2 Å². The third kappa shape index (κ3) is 8.22. The molecule has 31 heavy (non-hydrogen) atoms. The van der Waals surface area contributed by atoms with Gasteiger partial charge in [-0.1, -0.05) is 30.3 Å². The number of nitrogens with one attached hydrogen (secondary N) is 1. The van der Waals surface area contributed by atoms with Crippen molar-refractivity contribution in [3.63, 3.8) is 0 Å². The Kier molecular flexibility index (Phi) is 10.9. The summed E-state index contributed by atoms with van der Waals surface area (Å²) in [7, 11) is 3.49. The maximum atomic E-state index is 5.98. The van der Waals surface area contributed by atoms with Gasteiger partial charge in [0.25, 0.3) is 0 Å². The Bertz CT molecular complexity index is 786. The van der Waals surface area contributed by atoms with Crippen molar-refractivity contribution in [3.8, 4) is 11.5 Å². The van der Waals surface area contributed by atoms with Crippen LogP contribution in [0.1, 0.15) is 18.9 Å². The lowest BCUT2D eigenvalue weighted by molar-refractivity contribution is 0.0906. The normalized spacial score (nSPS) is 17.1. The smallest absolute Gasteiger partial charge is 0.193 e. The number of aliphatic imine (C=N–C) groups is 1. The molecule has 2 atom stereocenters. The second-order valence-corrected chi connectivity index (χ2v) is 7.63. The molecule has 0 amide bonds. The number of likely N-dealkylation sites (tertiary alicyclic amines) is 1. The van der Waals surface area contributed by atoms with Crippen molar-refractivity contribution in [1.82, 2.24) is 10.2 Å². The van der Waals surface area contributed by atoms with Crippen LogP contribution in [0.3, 0.4) is 0 Å². The van der Waals surface area contributed by atoms with Crippen molar-refractivity contribution in [1.29, 1.82) is 0 Å². The van der Waals surface area contributed by atoms with Gasteiger partial charge in [0.1, 0.15) is 17.6 Å². The molecule has 2 unspecified atom stereocenters. The summed E-state index contributed by atoms with van der Waals surface area (Å²) in [6, 6.07) is 18.0. The van der Waals surface area contributed by atoms with Gasteiger partial charge in [-0.15, -0.1) is 24.0 Å². The lowest BCUT2D eigenvalue weighted by Gasteiger charge is -2.23. The summed E-state index contributed by atoms with van der Waals surface area (Å²) >= 11 is 0. The lowest BCUT2D eigenvalue weighted by Crippen LogP contribution is -2.43. The molecule has 2 aromatic rings. The van der Waals surface area contributed by atoms with Crippen LogP contribution in [-0.2, 0) is 11.3 Å². The number of rotatable bonds is 9. The first-order valence-electron chi connectivity index (χ1n) is 10.6. The van der Waals surface area contributed by atoms with E-state index in [0.29, 0.717) is 19.1 Å². The van der Waals surface area contributed by atoms with Crippen molar-refractivity contribution in [3.05, 3.63) is 60.2 Å². The third-order valence-electron chi connectivity index (χ3n) is 5.21. The third-order valence-corrected chi connectivity index (χ3v) is 5.21. The van der Waals surface area contributed by atoms with E-state index in [0.717, 1.165) is 43.6 Å². The monoisotopic (exact) mass is 539 g/mol. The SMILES string of the molecule is CN=C(NCC(C)Oc1ccc(OC)cc1)N1CCC(COCc2ccccc2)C1.I. The zero-order valence-electron chi connectivity index (χ0n) is 18.6. The molecule has 0 saturated carbocycles. The molecular weight excluding hydrogens is 505 g/mol. The summed E-state index contributed by atoms with van der Waals surface area (Å²) in [6.07, 6.45) is 1.13. The Morgan fingerprint density at radius 3 is 2.52 bits per heavy atom. The fourth-order valence-electron chi connectivity index (χ4n) is 3.57. The summed E-state index contributed by atoms with van der Waals surface area (Å²) in [5.41, 5.74) is 1.22. The fraction of sp³-hybridized carbons (Fsp3) is 0.458. The van der Waals surface area contributed by atoms with Crippen LogP contribution < -0.4 is 14.8 Å². The number of benzene rings is 2. The minimum Gasteiger partial charge on any atom is -0.497 e. The molecule has 0 aliphatic carbocycles. The van der Waals surface area contributed by atoms with Crippen LogP contribution in [0.4, 0.5) is 0 Å². The molecule has 1 fully saturated rings. The predicted molar refractivity (Wildman–Crippen MR) is 136 cm³/mol. The first-order valence-corrected chi connectivity index (χ1v) is 10.6. The second-order valence-electron chi connectivity index (χ2n) is 7.63. The maximum absolute atomic E-state index is 5.98. The standard InChI is InChI=1S/C24H33N3O3.HI/c1-19(30-23-11-9-22(28-3)10-12-23)15-26-24(25-2)27-14-13-21(16-27)18-29-17-20-7-5-4-6-8-20;/h4-12,19,21H,13-18H2,1-3H3,(H,25,26);1H. The minimum absolute atomic E-state index is 0. The van der Waals surface area contributed by atoms with Crippen LogP contribution in [0.5, 0.6) is 11.5 Å². The van der Waals surface area contributed by atoms with Crippen LogP contribution in [0.2, 0.25) is 0 Å². The number of nitrogens with zero attached hydrogens (tertiary/aromatic N) is 2. The maximum Gasteiger partial charge on any atom is 0.193 e. The van der Waals surface area contributed by atoms with E-state index in [1.807, 2.05) is 49.5 Å². The Morgan fingerprint density at radius 2 is 1.84 bits per heavy atom. The van der Waals surface area contributed by atoms with Gasteiger partial charge in [-0.05, 0) is 43.2 Å². The number of ether oxygens (including phenoxy) is 3. The molecule has 3 rings (SSSR count). The number of hydrogen-bond donors (Lipinski definition) is 1. The molecule has 1 aliphatic heterocycles. The number of methoxy groups -OCH3 is 1. The quantitative estimate of drug-likeness (QED) is 0.294. The molecule has 2 aromatic carbocycles. The van der Waals surface area contributed by atoms with Gasteiger partial charge in [0, 0.05) is 26.1 Å². The zero-order chi connectivity index (χ0) is 21.2. The Hall–Kier alpha value is -2.00. The summed E-state index contributed by atoms with van der Waals surface area (Å²) in [4.78, 5) is 6.75. The second kappa shape index (κ2) is 13.4. The lowest BCUT2D eigenvalue weighted by atomic mass is 10.1. The van der Waals surface area contributed by atoms with Gasteiger partial charge in [0.15, 0.2) is 5.96 Å². The molecular formula is C24H34IN3O3. The average Bonchev–Trinajstić information content (AvgIpc) is 3.24. The van der Waals surface area contributed by atoms with E-state index in [1.54, 1.807) is 7.11 Å². The molecule has 0 bridgehead atoms. The fourth-order valence-corrected chi connectivity index (χ4v) is 3.57. The van der Waals surface area contributed by atoms with E-state index in [-0.39, 0.29) is 30.1 Å². The van der Waals surface area contributed by atoms with Crippen molar-refractivity contribution in [2.75, 3.05) is 40.4 Å². The minimum atomic E-state index is 0. The molecule has 6 nitrogen and oxygen atoms in total. The molecule has 7 heteroatoms. The van der Waals surface area contributed by atoms with Gasteiger partial charge in [0.05, 0.1) is 26.9 Å². The molecule has 0 aromatic heterocycles. The molecule has 1 N–H and O–H groups in total. The van der Waals surface area contributed by atoms with Crippen molar-refractivity contribution >= 4 is 29.9 Å². The predicted octanol–water partition coefficient (Wildman–Crippen LogP) is 4.19. The first-order chi connectivity index (χ1) is 14.7.